The van der Waals surface area contributed by atoms with Crippen molar-refractivity contribution in [1.82, 2.24) is 0 Å². The molecule has 0 aliphatic heterocycles. The van der Waals surface area contributed by atoms with Gasteiger partial charge in [-0.2, -0.15) is 0 Å². The zero-order chi connectivity index (χ0) is 17.4. The molecule has 0 aliphatic carbocycles. The van der Waals surface area contributed by atoms with Gasteiger partial charge in [-0.3, -0.25) is 0 Å². The highest BCUT2D eigenvalue weighted by Gasteiger charge is 2.04. The van der Waals surface area contributed by atoms with Crippen LogP contribution in [0.2, 0.25) is 0 Å². The average Bonchev–Trinajstić information content (AvgIpc) is 2.59. The number of hydrogen-bond acceptors (Lipinski definition) is 3. The van der Waals surface area contributed by atoms with E-state index in [4.69, 9.17) is 9.47 Å². The van der Waals surface area contributed by atoms with Crippen molar-refractivity contribution in [3.63, 3.8) is 0 Å². The lowest BCUT2D eigenvalue weighted by Crippen LogP contribution is -2.01. The van der Waals surface area contributed by atoms with E-state index in [1.807, 2.05) is 18.2 Å². The number of ether oxygens (including phenoxy) is 2. The minimum Gasteiger partial charge on any atom is -0.481 e. The van der Waals surface area contributed by atoms with Crippen molar-refractivity contribution in [2.75, 3.05) is 13.7 Å². The van der Waals surface area contributed by atoms with Gasteiger partial charge < -0.3 is 9.47 Å². The normalized spacial score (nSPS) is 10.0. The molecule has 0 saturated carbocycles. The third-order valence-electron chi connectivity index (χ3n) is 3.39. The smallest absolute Gasteiger partial charge is 0.337 e. The van der Waals surface area contributed by atoms with Crippen LogP contribution >= 0.6 is 0 Å². The Kier molecular flexibility index (Phi) is 6.45. The number of methoxy groups -OCH3 is 1. The molecule has 0 atom stereocenters. The Hall–Kier alpha value is -2.73. The molecule has 0 radical (unpaired) electrons. The molecule has 24 heavy (non-hydrogen) atoms. The molecule has 0 aliphatic rings. The lowest BCUT2D eigenvalue weighted by Gasteiger charge is -2.06. The van der Waals surface area contributed by atoms with Crippen LogP contribution < -0.4 is 4.74 Å². The molecule has 2 aromatic carbocycles. The summed E-state index contributed by atoms with van der Waals surface area (Å²) in [7, 11) is 1.36. The van der Waals surface area contributed by atoms with Gasteiger partial charge in [0.05, 0.1) is 12.7 Å². The van der Waals surface area contributed by atoms with Gasteiger partial charge in [0, 0.05) is 5.56 Å². The first kappa shape index (κ1) is 17.6. The first-order valence-electron chi connectivity index (χ1n) is 7.97. The summed E-state index contributed by atoms with van der Waals surface area (Å²) in [5.74, 6) is 7.03. The molecule has 0 saturated heterocycles. The van der Waals surface area contributed by atoms with E-state index in [0.717, 1.165) is 17.7 Å². The highest BCUT2D eigenvalue weighted by atomic mass is 16.5. The van der Waals surface area contributed by atoms with Gasteiger partial charge in [0.1, 0.15) is 12.4 Å². The molecule has 2 aromatic rings. The van der Waals surface area contributed by atoms with Gasteiger partial charge in [0.2, 0.25) is 0 Å². The zero-order valence-corrected chi connectivity index (χ0v) is 14.3. The summed E-state index contributed by atoms with van der Waals surface area (Å²) in [4.78, 5) is 11.5. The summed E-state index contributed by atoms with van der Waals surface area (Å²) in [6.07, 6.45) is 1.07. The van der Waals surface area contributed by atoms with E-state index in [2.05, 4.69) is 37.8 Å². The van der Waals surface area contributed by atoms with Gasteiger partial charge in [0.25, 0.3) is 0 Å². The Morgan fingerprint density at radius 2 is 1.88 bits per heavy atom. The minimum atomic E-state index is -0.364. The van der Waals surface area contributed by atoms with E-state index < -0.39 is 0 Å². The van der Waals surface area contributed by atoms with Gasteiger partial charge in [-0.25, -0.2) is 4.79 Å². The highest BCUT2D eigenvalue weighted by molar-refractivity contribution is 5.89. The molecule has 2 rings (SSSR count). The minimum absolute atomic E-state index is 0.298. The van der Waals surface area contributed by atoms with Crippen molar-refractivity contribution in [3.05, 3.63) is 65.2 Å². The summed E-state index contributed by atoms with van der Waals surface area (Å²) in [6.45, 7) is 4.70. The average molecular weight is 322 g/mol. The predicted octanol–water partition coefficient (Wildman–Crippen LogP) is 4.10. The number of carbonyl (C=O) groups is 1. The number of hydrogen-bond donors (Lipinski definition) is 0. The Labute approximate surface area is 143 Å². The van der Waals surface area contributed by atoms with Crippen molar-refractivity contribution in [2.45, 2.75) is 20.3 Å². The highest BCUT2D eigenvalue weighted by Crippen LogP contribution is 2.14. The van der Waals surface area contributed by atoms with Gasteiger partial charge in [-0.15, -0.1) is 0 Å². The van der Waals surface area contributed by atoms with Gasteiger partial charge in [0.15, 0.2) is 0 Å². The first-order valence-corrected chi connectivity index (χ1v) is 7.97. The number of benzene rings is 2. The molecule has 0 amide bonds. The molecular formula is C21H22O3. The monoisotopic (exact) mass is 322 g/mol. The van der Waals surface area contributed by atoms with Crippen LogP contribution in [0.1, 0.15) is 35.3 Å². The van der Waals surface area contributed by atoms with E-state index in [1.165, 1.54) is 12.7 Å². The predicted molar refractivity (Wildman–Crippen MR) is 95.1 cm³/mol. The second kappa shape index (κ2) is 8.79. The molecule has 3 heteroatoms. The van der Waals surface area contributed by atoms with Crippen LogP contribution in [0.5, 0.6) is 5.75 Å². The quantitative estimate of drug-likeness (QED) is 0.614. The SMILES string of the molecule is COC(=O)c1cccc(C#CCOc2ccc(CC(C)C)cc2)c1. The molecule has 0 spiro atoms. The molecule has 0 unspecified atom stereocenters. The van der Waals surface area contributed by atoms with Gasteiger partial charge in [-0.1, -0.05) is 43.9 Å². The van der Waals surface area contributed by atoms with Crippen molar-refractivity contribution in [1.29, 1.82) is 0 Å². The van der Waals surface area contributed by atoms with E-state index in [1.54, 1.807) is 18.2 Å². The maximum atomic E-state index is 11.5. The van der Waals surface area contributed by atoms with Crippen LogP contribution in [0.15, 0.2) is 48.5 Å². The summed E-state index contributed by atoms with van der Waals surface area (Å²) >= 11 is 0. The molecule has 0 heterocycles. The van der Waals surface area contributed by atoms with Gasteiger partial charge in [-0.05, 0) is 48.2 Å². The second-order valence-electron chi connectivity index (χ2n) is 5.90. The molecule has 3 nitrogen and oxygen atoms in total. The summed E-state index contributed by atoms with van der Waals surface area (Å²) < 4.78 is 10.3. The molecular weight excluding hydrogens is 300 g/mol. The maximum absolute atomic E-state index is 11.5. The molecule has 0 N–H and O–H groups in total. The Bertz CT molecular complexity index is 734. The van der Waals surface area contributed by atoms with E-state index in [9.17, 15) is 4.79 Å². The molecule has 0 bridgehead atoms. The fraction of sp³-hybridized carbons (Fsp3) is 0.286. The fourth-order valence-corrected chi connectivity index (χ4v) is 2.29. The Morgan fingerprint density at radius 3 is 2.54 bits per heavy atom. The lowest BCUT2D eigenvalue weighted by atomic mass is 10.0. The van der Waals surface area contributed by atoms with Crippen LogP contribution in [0, 0.1) is 17.8 Å². The second-order valence-corrected chi connectivity index (χ2v) is 5.90. The van der Waals surface area contributed by atoms with E-state index in [0.29, 0.717) is 18.1 Å². The van der Waals surface area contributed by atoms with Crippen LogP contribution in [0.3, 0.4) is 0 Å². The lowest BCUT2D eigenvalue weighted by molar-refractivity contribution is 0.0600. The third kappa shape index (κ3) is 5.48. The van der Waals surface area contributed by atoms with Crippen molar-refractivity contribution in [2.24, 2.45) is 5.92 Å². The van der Waals surface area contributed by atoms with Crippen molar-refractivity contribution < 1.29 is 14.3 Å². The standard InChI is InChI=1S/C21H22O3/c1-16(2)14-18-9-11-20(12-10-18)24-13-5-7-17-6-4-8-19(15-17)21(22)23-3/h4,6,8-12,15-16H,13-14H2,1-3H3. The van der Waals surface area contributed by atoms with Crippen molar-refractivity contribution in [3.8, 4) is 17.6 Å². The topological polar surface area (TPSA) is 35.5 Å². The summed E-state index contributed by atoms with van der Waals surface area (Å²) in [5.41, 5.74) is 2.56. The third-order valence-corrected chi connectivity index (χ3v) is 3.39. The fourth-order valence-electron chi connectivity index (χ4n) is 2.29. The van der Waals surface area contributed by atoms with Gasteiger partial charge >= 0.3 is 5.97 Å². The van der Waals surface area contributed by atoms with Crippen LogP contribution in [0.25, 0.3) is 0 Å². The first-order chi connectivity index (χ1) is 11.6. The van der Waals surface area contributed by atoms with E-state index in [-0.39, 0.29) is 5.97 Å². The molecule has 0 fully saturated rings. The molecule has 124 valence electrons. The molecule has 0 aromatic heterocycles. The van der Waals surface area contributed by atoms with Crippen LogP contribution in [-0.2, 0) is 11.2 Å². The number of rotatable bonds is 5. The number of carbonyl (C=O) groups excluding carboxylic acids is 1. The zero-order valence-electron chi connectivity index (χ0n) is 14.3. The van der Waals surface area contributed by atoms with Crippen LogP contribution in [-0.4, -0.2) is 19.7 Å². The number of esters is 1. The summed E-state index contributed by atoms with van der Waals surface area (Å²) in [5, 5.41) is 0. The van der Waals surface area contributed by atoms with E-state index >= 15 is 0 Å². The Morgan fingerprint density at radius 1 is 1.12 bits per heavy atom. The summed E-state index contributed by atoms with van der Waals surface area (Å²) in [6, 6.07) is 15.1. The largest absolute Gasteiger partial charge is 0.481 e. The maximum Gasteiger partial charge on any atom is 0.337 e. The van der Waals surface area contributed by atoms with Crippen molar-refractivity contribution >= 4 is 5.97 Å². The van der Waals surface area contributed by atoms with Crippen LogP contribution in [0.4, 0.5) is 0 Å². The Balaban J connectivity index is 1.91.